The van der Waals surface area contributed by atoms with Gasteiger partial charge in [-0.2, -0.15) is 0 Å². The van der Waals surface area contributed by atoms with Crippen molar-refractivity contribution in [3.8, 4) is 5.75 Å². The Morgan fingerprint density at radius 2 is 1.90 bits per heavy atom. The van der Waals surface area contributed by atoms with Gasteiger partial charge in [-0.25, -0.2) is 13.4 Å². The fourth-order valence-electron chi connectivity index (χ4n) is 3.22. The molecule has 0 saturated carbocycles. The molecule has 1 aromatic heterocycles. The molecule has 0 N–H and O–H groups in total. The maximum atomic E-state index is 12.9. The van der Waals surface area contributed by atoms with E-state index in [0.717, 1.165) is 11.3 Å². The van der Waals surface area contributed by atoms with E-state index in [1.807, 2.05) is 24.3 Å². The second-order valence-electron chi connectivity index (χ2n) is 6.61. The molecule has 1 amide bonds. The number of esters is 1. The van der Waals surface area contributed by atoms with Crippen LogP contribution in [0.3, 0.4) is 0 Å². The second-order valence-corrected chi connectivity index (χ2v) is 8.64. The third kappa shape index (κ3) is 4.56. The Hall–Kier alpha value is -2.94. The molecule has 29 heavy (non-hydrogen) atoms. The highest BCUT2D eigenvalue weighted by Crippen LogP contribution is 2.26. The molecule has 0 aliphatic carbocycles. The van der Waals surface area contributed by atoms with E-state index >= 15 is 0 Å². The summed E-state index contributed by atoms with van der Waals surface area (Å²) in [6, 6.07) is 8.96. The zero-order valence-electron chi connectivity index (χ0n) is 16.3. The number of methoxy groups -OCH3 is 2. The molecule has 154 valence electrons. The Morgan fingerprint density at radius 3 is 2.55 bits per heavy atom. The molecule has 3 rings (SSSR count). The van der Waals surface area contributed by atoms with Crippen molar-refractivity contribution in [1.82, 2.24) is 9.88 Å². The maximum Gasteiger partial charge on any atom is 0.306 e. The van der Waals surface area contributed by atoms with E-state index in [9.17, 15) is 18.0 Å². The van der Waals surface area contributed by atoms with Crippen LogP contribution in [0.5, 0.6) is 5.75 Å². The minimum atomic E-state index is -3.81. The second kappa shape index (κ2) is 8.60. The first-order chi connectivity index (χ1) is 13.9. The molecule has 1 aliphatic rings. The average Bonchev–Trinajstić information content (AvgIpc) is 2.74. The molecule has 0 unspecified atom stereocenters. The van der Waals surface area contributed by atoms with Crippen LogP contribution >= 0.6 is 0 Å². The van der Waals surface area contributed by atoms with Crippen molar-refractivity contribution < 1.29 is 27.5 Å². The first-order valence-electron chi connectivity index (χ1n) is 9.05. The summed E-state index contributed by atoms with van der Waals surface area (Å²) in [7, 11) is -1.02. The monoisotopic (exact) mass is 418 g/mol. The van der Waals surface area contributed by atoms with Gasteiger partial charge in [0.15, 0.2) is 14.9 Å². The van der Waals surface area contributed by atoms with Gasteiger partial charge in [-0.1, -0.05) is 12.1 Å². The number of pyridine rings is 1. The average molecular weight is 418 g/mol. The summed E-state index contributed by atoms with van der Waals surface area (Å²) in [6.07, 6.45) is 1.43. The summed E-state index contributed by atoms with van der Waals surface area (Å²) >= 11 is 0. The van der Waals surface area contributed by atoms with Crippen LogP contribution in [-0.4, -0.2) is 56.7 Å². The van der Waals surface area contributed by atoms with Crippen molar-refractivity contribution in [1.29, 1.82) is 0 Å². The Morgan fingerprint density at radius 1 is 1.17 bits per heavy atom. The minimum Gasteiger partial charge on any atom is -0.497 e. The number of carbonyl (C=O) groups excluding carboxylic acids is 2. The van der Waals surface area contributed by atoms with E-state index < -0.39 is 21.6 Å². The van der Waals surface area contributed by atoms with Gasteiger partial charge >= 0.3 is 5.97 Å². The molecule has 0 atom stereocenters. The van der Waals surface area contributed by atoms with E-state index in [1.54, 1.807) is 12.0 Å². The molecule has 0 saturated heterocycles. The molecule has 0 fully saturated rings. The maximum absolute atomic E-state index is 12.9. The number of ether oxygens (including phenoxy) is 2. The van der Waals surface area contributed by atoms with Gasteiger partial charge in [-0.05, 0) is 30.2 Å². The molecule has 8 nitrogen and oxygen atoms in total. The van der Waals surface area contributed by atoms with Crippen LogP contribution in [0.4, 0.5) is 0 Å². The number of sulfone groups is 1. The molecular weight excluding hydrogens is 396 g/mol. The van der Waals surface area contributed by atoms with Crippen molar-refractivity contribution in [2.45, 2.75) is 24.4 Å². The molecule has 2 aromatic rings. The molecule has 0 bridgehead atoms. The highest BCUT2D eigenvalue weighted by Gasteiger charge is 2.31. The van der Waals surface area contributed by atoms with Crippen molar-refractivity contribution >= 4 is 21.7 Å². The predicted octanol–water partition coefficient (Wildman–Crippen LogP) is 1.63. The molecule has 9 heteroatoms. The topological polar surface area (TPSA) is 103 Å². The highest BCUT2D eigenvalue weighted by atomic mass is 32.2. The summed E-state index contributed by atoms with van der Waals surface area (Å²) in [5.74, 6) is -0.529. The fraction of sp³-hybridized carbons (Fsp3) is 0.350. The van der Waals surface area contributed by atoms with Crippen LogP contribution < -0.4 is 4.74 Å². The Labute approximate surface area is 169 Å². The van der Waals surface area contributed by atoms with Crippen LogP contribution in [0.25, 0.3) is 0 Å². The largest absolute Gasteiger partial charge is 0.497 e. The quantitative estimate of drug-likeness (QED) is 0.630. The summed E-state index contributed by atoms with van der Waals surface area (Å²) in [5, 5.41) is -0.128. The summed E-state index contributed by atoms with van der Waals surface area (Å²) in [6.45, 7) is 0.790. The van der Waals surface area contributed by atoms with E-state index in [0.29, 0.717) is 30.6 Å². The van der Waals surface area contributed by atoms with Crippen molar-refractivity contribution in [2.24, 2.45) is 0 Å². The molecule has 0 spiro atoms. The zero-order chi connectivity index (χ0) is 21.0. The van der Waals surface area contributed by atoms with E-state index in [-0.39, 0.29) is 17.4 Å². The Balaban J connectivity index is 1.82. The number of hydrogen-bond acceptors (Lipinski definition) is 7. The number of rotatable bonds is 7. The number of aromatic nitrogens is 1. The lowest BCUT2D eigenvalue weighted by Gasteiger charge is -2.29. The van der Waals surface area contributed by atoms with Crippen LogP contribution in [0.15, 0.2) is 41.6 Å². The molecule has 0 radical (unpaired) electrons. The van der Waals surface area contributed by atoms with Gasteiger partial charge in [0, 0.05) is 30.4 Å². The SMILES string of the molecule is COC(=O)CCS(=O)(=O)c1nccc2c1CCN(Cc1ccc(OC)cc1)C2=O. The van der Waals surface area contributed by atoms with Crippen LogP contribution in [0.1, 0.15) is 27.9 Å². The minimum absolute atomic E-state index is 0.128. The normalized spacial score (nSPS) is 13.7. The number of hydrogen-bond donors (Lipinski definition) is 0. The molecule has 1 aliphatic heterocycles. The smallest absolute Gasteiger partial charge is 0.306 e. The van der Waals surface area contributed by atoms with Crippen LogP contribution in [0, 0.1) is 0 Å². The zero-order valence-corrected chi connectivity index (χ0v) is 17.1. The van der Waals surface area contributed by atoms with Gasteiger partial charge in [0.2, 0.25) is 0 Å². The Bertz CT molecular complexity index is 1020. The van der Waals surface area contributed by atoms with Crippen molar-refractivity contribution in [3.63, 3.8) is 0 Å². The fourth-order valence-corrected chi connectivity index (χ4v) is 4.66. The van der Waals surface area contributed by atoms with Crippen LogP contribution in [-0.2, 0) is 32.3 Å². The first-order valence-corrected chi connectivity index (χ1v) is 10.7. The van der Waals surface area contributed by atoms with Gasteiger partial charge in [-0.15, -0.1) is 0 Å². The van der Waals surface area contributed by atoms with Gasteiger partial charge in [0.25, 0.3) is 5.91 Å². The van der Waals surface area contributed by atoms with Crippen molar-refractivity contribution in [3.05, 3.63) is 53.2 Å². The van der Waals surface area contributed by atoms with E-state index in [2.05, 4.69) is 9.72 Å². The number of benzene rings is 1. The first kappa shape index (κ1) is 20.8. The Kier molecular flexibility index (Phi) is 6.17. The third-order valence-electron chi connectivity index (χ3n) is 4.80. The van der Waals surface area contributed by atoms with E-state index in [4.69, 9.17) is 4.74 Å². The third-order valence-corrected chi connectivity index (χ3v) is 6.48. The van der Waals surface area contributed by atoms with Gasteiger partial charge in [0.1, 0.15) is 5.75 Å². The predicted molar refractivity (Wildman–Crippen MR) is 104 cm³/mol. The number of amides is 1. The standard InChI is InChI=1S/C20H22N2O6S/c1-27-15-5-3-14(4-6-15)13-22-11-8-16-17(20(22)24)7-10-21-19(16)29(25,26)12-9-18(23)28-2/h3-7,10H,8-9,11-13H2,1-2H3. The molecular formula is C20H22N2O6S. The lowest BCUT2D eigenvalue weighted by molar-refractivity contribution is -0.140. The molecule has 1 aromatic carbocycles. The van der Waals surface area contributed by atoms with E-state index in [1.165, 1.54) is 19.4 Å². The van der Waals surface area contributed by atoms with Crippen LogP contribution in [0.2, 0.25) is 0 Å². The van der Waals surface area contributed by atoms with Crippen molar-refractivity contribution in [2.75, 3.05) is 26.5 Å². The van der Waals surface area contributed by atoms with Gasteiger partial charge in [0.05, 0.1) is 26.4 Å². The lowest BCUT2D eigenvalue weighted by Crippen LogP contribution is -2.38. The van der Waals surface area contributed by atoms with Gasteiger partial charge in [-0.3, -0.25) is 9.59 Å². The summed E-state index contributed by atoms with van der Waals surface area (Å²) < 4.78 is 35.0. The number of carbonyl (C=O) groups is 2. The highest BCUT2D eigenvalue weighted by molar-refractivity contribution is 7.91. The summed E-state index contributed by atoms with van der Waals surface area (Å²) in [4.78, 5) is 29.9. The lowest BCUT2D eigenvalue weighted by atomic mass is 10.0. The summed E-state index contributed by atoms with van der Waals surface area (Å²) in [5.41, 5.74) is 1.69. The van der Waals surface area contributed by atoms with Gasteiger partial charge < -0.3 is 14.4 Å². The number of nitrogens with zero attached hydrogens (tertiary/aromatic N) is 2. The number of fused-ring (bicyclic) bond motifs is 1. The molecule has 2 heterocycles.